The van der Waals surface area contributed by atoms with Crippen molar-refractivity contribution in [3.8, 4) is 0 Å². The van der Waals surface area contributed by atoms with E-state index in [4.69, 9.17) is 21.7 Å². The van der Waals surface area contributed by atoms with E-state index in [0.29, 0.717) is 24.0 Å². The van der Waals surface area contributed by atoms with E-state index < -0.39 is 0 Å². The lowest BCUT2D eigenvalue weighted by atomic mass is 10.1. The molecular weight excluding hydrogens is 424 g/mol. The van der Waals surface area contributed by atoms with E-state index in [1.54, 1.807) is 6.20 Å². The number of aromatic nitrogens is 4. The van der Waals surface area contributed by atoms with Gasteiger partial charge in [0, 0.05) is 44.0 Å². The second-order valence-electron chi connectivity index (χ2n) is 9.85. The predicted octanol–water partition coefficient (Wildman–Crippen LogP) is 4.38. The minimum Gasteiger partial charge on any atom is -0.353 e. The molecule has 168 valence electrons. The van der Waals surface area contributed by atoms with E-state index in [1.807, 2.05) is 34.7 Å². The van der Waals surface area contributed by atoms with Crippen molar-refractivity contribution < 1.29 is 4.79 Å². The highest BCUT2D eigenvalue weighted by Crippen LogP contribution is 2.41. The number of hydrogen-bond acceptors (Lipinski definition) is 5. The number of carbonyl (C=O) groups is 1. The average Bonchev–Trinajstić information content (AvgIpc) is 3.56. The van der Waals surface area contributed by atoms with Crippen LogP contribution in [0, 0.1) is 6.92 Å². The van der Waals surface area contributed by atoms with Gasteiger partial charge in [-0.1, -0.05) is 11.6 Å². The van der Waals surface area contributed by atoms with E-state index in [9.17, 15) is 4.79 Å². The lowest BCUT2D eigenvalue weighted by molar-refractivity contribution is 0.0748. The summed E-state index contributed by atoms with van der Waals surface area (Å²) in [5.41, 5.74) is 3.24. The Morgan fingerprint density at radius 3 is 2.44 bits per heavy atom. The molecule has 0 bridgehead atoms. The van der Waals surface area contributed by atoms with Crippen molar-refractivity contribution in [2.75, 3.05) is 31.1 Å². The molecule has 4 heterocycles. The van der Waals surface area contributed by atoms with Crippen LogP contribution < -0.4 is 4.90 Å². The highest BCUT2D eigenvalue weighted by atomic mass is 35.5. The number of fused-ring (bicyclic) bond motifs is 1. The zero-order chi connectivity index (χ0) is 22.6. The number of aryl methyl sites for hydroxylation is 1. The SMILES string of the molecule is Cc1nn(C(C)(C)C)c2nc(C3CC3)cc(C(=O)N3CCN(c4ccc(Cl)cn4)CC3)c12. The first-order valence-corrected chi connectivity index (χ1v) is 11.7. The van der Waals surface area contributed by atoms with E-state index in [1.165, 1.54) is 0 Å². The molecule has 1 aliphatic heterocycles. The van der Waals surface area contributed by atoms with Crippen LogP contribution in [-0.2, 0) is 5.54 Å². The van der Waals surface area contributed by atoms with Gasteiger partial charge in [-0.2, -0.15) is 5.10 Å². The number of rotatable bonds is 3. The Morgan fingerprint density at radius 2 is 1.84 bits per heavy atom. The standard InChI is InChI=1S/C24H29ClN6O/c1-15-21-18(13-19(16-5-6-16)27-22(21)31(28-15)24(2,3)4)23(32)30-11-9-29(10-12-30)20-8-7-17(25)14-26-20/h7-8,13-14,16H,5-6,9-12H2,1-4H3. The van der Waals surface area contributed by atoms with Crippen LogP contribution in [0.15, 0.2) is 24.4 Å². The monoisotopic (exact) mass is 452 g/mol. The maximum absolute atomic E-state index is 13.7. The van der Waals surface area contributed by atoms with Crippen molar-refractivity contribution in [1.82, 2.24) is 24.6 Å². The summed E-state index contributed by atoms with van der Waals surface area (Å²) in [6.07, 6.45) is 3.94. The molecule has 0 aromatic carbocycles. The fourth-order valence-electron chi connectivity index (χ4n) is 4.40. The van der Waals surface area contributed by atoms with Crippen LogP contribution in [0.3, 0.4) is 0 Å². The molecule has 3 aromatic heterocycles. The first kappa shape index (κ1) is 21.2. The molecule has 1 aliphatic carbocycles. The lowest BCUT2D eigenvalue weighted by Crippen LogP contribution is -2.49. The molecule has 0 radical (unpaired) electrons. The minimum absolute atomic E-state index is 0.0691. The molecule has 5 rings (SSSR count). The third kappa shape index (κ3) is 3.83. The molecule has 2 fully saturated rings. The molecule has 0 unspecified atom stereocenters. The molecule has 3 aromatic rings. The maximum Gasteiger partial charge on any atom is 0.254 e. The Labute approximate surface area is 193 Å². The molecule has 8 heteroatoms. The summed E-state index contributed by atoms with van der Waals surface area (Å²) >= 11 is 5.97. The van der Waals surface area contributed by atoms with Crippen molar-refractivity contribution >= 4 is 34.4 Å². The second-order valence-corrected chi connectivity index (χ2v) is 10.3. The van der Waals surface area contributed by atoms with Crippen LogP contribution in [0.25, 0.3) is 11.0 Å². The number of amides is 1. The molecule has 0 atom stereocenters. The van der Waals surface area contributed by atoms with Crippen molar-refractivity contribution in [2.24, 2.45) is 0 Å². The first-order chi connectivity index (χ1) is 15.2. The van der Waals surface area contributed by atoms with Gasteiger partial charge in [-0.3, -0.25) is 4.79 Å². The molecular formula is C24H29ClN6O. The summed E-state index contributed by atoms with van der Waals surface area (Å²) < 4.78 is 1.98. The number of nitrogens with zero attached hydrogens (tertiary/aromatic N) is 6. The van der Waals surface area contributed by atoms with Gasteiger partial charge in [0.15, 0.2) is 5.65 Å². The topological polar surface area (TPSA) is 67.2 Å². The third-order valence-electron chi connectivity index (χ3n) is 6.30. The Bertz CT molecular complexity index is 1170. The summed E-state index contributed by atoms with van der Waals surface area (Å²) in [6.45, 7) is 11.1. The predicted molar refractivity (Wildman–Crippen MR) is 127 cm³/mol. The van der Waals surface area contributed by atoms with Crippen molar-refractivity contribution in [2.45, 2.75) is 52.0 Å². The fourth-order valence-corrected chi connectivity index (χ4v) is 4.51. The molecule has 2 aliphatic rings. The largest absolute Gasteiger partial charge is 0.353 e. The van der Waals surface area contributed by atoms with Crippen LogP contribution in [0.5, 0.6) is 0 Å². The number of halogens is 1. The van der Waals surface area contributed by atoms with Crippen LogP contribution >= 0.6 is 11.6 Å². The molecule has 1 saturated heterocycles. The third-order valence-corrected chi connectivity index (χ3v) is 6.52. The Hall–Kier alpha value is -2.67. The van der Waals surface area contributed by atoms with Gasteiger partial charge >= 0.3 is 0 Å². The smallest absolute Gasteiger partial charge is 0.254 e. The molecule has 0 N–H and O–H groups in total. The van der Waals surface area contributed by atoms with Crippen LogP contribution in [0.1, 0.15) is 61.3 Å². The van der Waals surface area contributed by atoms with E-state index in [-0.39, 0.29) is 11.4 Å². The van der Waals surface area contributed by atoms with Crippen LogP contribution in [-0.4, -0.2) is 56.7 Å². The van der Waals surface area contributed by atoms with Crippen LogP contribution in [0.4, 0.5) is 5.82 Å². The summed E-state index contributed by atoms with van der Waals surface area (Å²) in [6, 6.07) is 5.81. The molecule has 0 spiro atoms. The number of carbonyl (C=O) groups excluding carboxylic acids is 1. The summed E-state index contributed by atoms with van der Waals surface area (Å²) in [4.78, 5) is 27.3. The van der Waals surface area contributed by atoms with Gasteiger partial charge in [0.25, 0.3) is 5.91 Å². The molecule has 1 saturated carbocycles. The first-order valence-electron chi connectivity index (χ1n) is 11.3. The number of hydrogen-bond donors (Lipinski definition) is 0. The Balaban J connectivity index is 1.46. The number of piperazine rings is 1. The van der Waals surface area contributed by atoms with Gasteiger partial charge in [0.1, 0.15) is 5.82 Å². The van der Waals surface area contributed by atoms with Gasteiger partial charge in [-0.25, -0.2) is 14.6 Å². The highest BCUT2D eigenvalue weighted by molar-refractivity contribution is 6.30. The van der Waals surface area contributed by atoms with Crippen molar-refractivity contribution in [3.63, 3.8) is 0 Å². The summed E-state index contributed by atoms with van der Waals surface area (Å²) in [5, 5.41) is 6.30. The summed E-state index contributed by atoms with van der Waals surface area (Å²) in [7, 11) is 0. The summed E-state index contributed by atoms with van der Waals surface area (Å²) in [5.74, 6) is 1.42. The van der Waals surface area contributed by atoms with Crippen molar-refractivity contribution in [1.29, 1.82) is 0 Å². The Morgan fingerprint density at radius 1 is 1.12 bits per heavy atom. The fraction of sp³-hybridized carbons (Fsp3) is 0.500. The molecule has 32 heavy (non-hydrogen) atoms. The zero-order valence-electron chi connectivity index (χ0n) is 19.1. The van der Waals surface area contributed by atoms with Gasteiger partial charge in [0.2, 0.25) is 0 Å². The maximum atomic E-state index is 13.7. The van der Waals surface area contributed by atoms with Gasteiger partial charge < -0.3 is 9.80 Å². The number of anilines is 1. The van der Waals surface area contributed by atoms with E-state index in [2.05, 4.69) is 30.7 Å². The molecule has 7 nitrogen and oxygen atoms in total. The second kappa shape index (κ2) is 7.73. The van der Waals surface area contributed by atoms with Crippen LogP contribution in [0.2, 0.25) is 5.02 Å². The lowest BCUT2D eigenvalue weighted by Gasteiger charge is -2.35. The highest BCUT2D eigenvalue weighted by Gasteiger charge is 2.32. The van der Waals surface area contributed by atoms with E-state index >= 15 is 0 Å². The minimum atomic E-state index is -0.209. The van der Waals surface area contributed by atoms with Gasteiger partial charge in [-0.05, 0) is 58.7 Å². The number of pyridine rings is 2. The molecule has 1 amide bonds. The normalized spacial score (nSPS) is 17.3. The quantitative estimate of drug-likeness (QED) is 0.589. The van der Waals surface area contributed by atoms with Gasteiger partial charge in [-0.15, -0.1) is 0 Å². The van der Waals surface area contributed by atoms with Crippen molar-refractivity contribution in [3.05, 3.63) is 46.4 Å². The average molecular weight is 453 g/mol. The van der Waals surface area contributed by atoms with Gasteiger partial charge in [0.05, 0.1) is 27.2 Å². The van der Waals surface area contributed by atoms with E-state index in [0.717, 1.165) is 59.7 Å². The zero-order valence-corrected chi connectivity index (χ0v) is 19.9. The Kier molecular flexibility index (Phi) is 5.12.